The number of carbonyl (C=O) groups excluding carboxylic acids is 1. The van der Waals surface area contributed by atoms with Crippen molar-refractivity contribution < 1.29 is 33.4 Å². The van der Waals surface area contributed by atoms with Crippen LogP contribution < -0.4 is 9.47 Å². The Balaban J connectivity index is 3.37. The second-order valence-corrected chi connectivity index (χ2v) is 7.03. The molecule has 0 radical (unpaired) electrons. The largest absolute Gasteiger partial charge is 0.496 e. The van der Waals surface area contributed by atoms with E-state index in [0.29, 0.717) is 17.9 Å². The van der Waals surface area contributed by atoms with Crippen molar-refractivity contribution in [1.29, 1.82) is 0 Å². The smallest absolute Gasteiger partial charge is 0.315 e. The number of methoxy groups -OCH3 is 4. The van der Waals surface area contributed by atoms with Crippen LogP contribution in [0.25, 0.3) is 0 Å². The lowest BCUT2D eigenvalue weighted by Gasteiger charge is -2.33. The van der Waals surface area contributed by atoms with Crippen LogP contribution in [0.15, 0.2) is 24.3 Å². The summed E-state index contributed by atoms with van der Waals surface area (Å²) in [4.78, 5) is 22.5. The van der Waals surface area contributed by atoms with Gasteiger partial charge in [0, 0.05) is 31.1 Å². The summed E-state index contributed by atoms with van der Waals surface area (Å²) in [5.41, 5.74) is 0.310. The molecule has 0 bridgehead atoms. The molecule has 0 heterocycles. The number of nitrogens with zero attached hydrogens (tertiary/aromatic N) is 1. The number of nitro groups is 1. The molecule has 0 aromatic heterocycles. The number of hydrogen-bond acceptors (Lipinski definition) is 8. The number of rotatable bonds is 13. The predicted molar refractivity (Wildman–Crippen MR) is 115 cm³/mol. The molecule has 0 saturated carbocycles. The molecule has 4 atom stereocenters. The number of esters is 1. The van der Waals surface area contributed by atoms with Crippen LogP contribution in [0.2, 0.25) is 0 Å². The van der Waals surface area contributed by atoms with Crippen LogP contribution in [-0.4, -0.2) is 52.0 Å². The number of nitro benzene ring substituents is 1. The summed E-state index contributed by atoms with van der Waals surface area (Å²) in [6.45, 7) is 6.14. The van der Waals surface area contributed by atoms with Crippen molar-refractivity contribution in [1.82, 2.24) is 0 Å². The van der Waals surface area contributed by atoms with Crippen LogP contribution in [0.3, 0.4) is 0 Å². The fraction of sp³-hybridized carbons (Fsp3) is 0.591. The molecule has 0 saturated heterocycles. The third-order valence-electron chi connectivity index (χ3n) is 5.10. The lowest BCUT2D eigenvalue weighted by molar-refractivity contribution is -0.385. The Morgan fingerprint density at radius 1 is 1.16 bits per heavy atom. The highest BCUT2D eigenvalue weighted by molar-refractivity contribution is 5.70. The fourth-order valence-corrected chi connectivity index (χ4v) is 3.65. The van der Waals surface area contributed by atoms with Crippen LogP contribution in [0.5, 0.6) is 11.5 Å². The van der Waals surface area contributed by atoms with E-state index in [0.717, 1.165) is 0 Å². The van der Waals surface area contributed by atoms with Gasteiger partial charge in [0.25, 0.3) is 0 Å². The van der Waals surface area contributed by atoms with Crippen LogP contribution in [0.1, 0.15) is 38.9 Å². The quantitative estimate of drug-likeness (QED) is 0.196. The molecule has 1 rings (SSSR count). The maximum atomic E-state index is 11.6. The Bertz CT molecular complexity index is 764. The average molecular weight is 440 g/mol. The molecule has 9 heteroatoms. The highest BCUT2D eigenvalue weighted by Crippen LogP contribution is 2.43. The van der Waals surface area contributed by atoms with E-state index >= 15 is 0 Å². The number of ether oxygens (including phenoxy) is 5. The SMILES string of the molecule is CCO[C@H](c1cc(OC)cc([N+](=O)[O-])c1OC)[C@H](C)[C@@H](OC)[C@H](C)/C=C/CC(=O)OC. The third kappa shape index (κ3) is 6.93. The number of benzene rings is 1. The summed E-state index contributed by atoms with van der Waals surface area (Å²) in [5, 5.41) is 11.6. The van der Waals surface area contributed by atoms with Gasteiger partial charge in [0.2, 0.25) is 5.75 Å². The fourth-order valence-electron chi connectivity index (χ4n) is 3.65. The van der Waals surface area contributed by atoms with Crippen molar-refractivity contribution >= 4 is 11.7 Å². The summed E-state index contributed by atoms with van der Waals surface area (Å²) < 4.78 is 27.1. The molecular weight excluding hydrogens is 406 g/mol. The van der Waals surface area contributed by atoms with Gasteiger partial charge in [-0.1, -0.05) is 26.0 Å². The molecule has 0 aliphatic carbocycles. The molecule has 0 spiro atoms. The molecule has 1 aromatic rings. The van der Waals surface area contributed by atoms with E-state index < -0.39 is 11.0 Å². The van der Waals surface area contributed by atoms with Gasteiger partial charge >= 0.3 is 11.7 Å². The topological polar surface area (TPSA) is 106 Å². The Kier molecular flexibility index (Phi) is 11.0. The molecule has 0 amide bonds. The Morgan fingerprint density at radius 2 is 1.84 bits per heavy atom. The monoisotopic (exact) mass is 439 g/mol. The van der Waals surface area contributed by atoms with Crippen molar-refractivity contribution in [2.75, 3.05) is 35.0 Å². The van der Waals surface area contributed by atoms with Crippen molar-refractivity contribution in [2.24, 2.45) is 11.8 Å². The lowest BCUT2D eigenvalue weighted by Crippen LogP contribution is -2.32. The zero-order chi connectivity index (χ0) is 23.6. The van der Waals surface area contributed by atoms with Gasteiger partial charge in [0.15, 0.2) is 0 Å². The Labute approximate surface area is 183 Å². The lowest BCUT2D eigenvalue weighted by atomic mass is 9.85. The standard InChI is InChI=1S/C22H33NO8/c1-8-31-21(15(3)20(29-6)14(2)10-9-11-19(24)28-5)17-12-16(27-4)13-18(23(25)26)22(17)30-7/h9-10,12-15,20-21H,8,11H2,1-7H3/b10-9+/t14-,15-,20+,21+/m1/s1. The maximum Gasteiger partial charge on any atom is 0.315 e. The van der Waals surface area contributed by atoms with Gasteiger partial charge in [0.05, 0.1) is 50.9 Å². The third-order valence-corrected chi connectivity index (χ3v) is 5.10. The Morgan fingerprint density at radius 3 is 2.32 bits per heavy atom. The van der Waals surface area contributed by atoms with Crippen molar-refractivity contribution in [3.63, 3.8) is 0 Å². The molecule has 0 unspecified atom stereocenters. The second kappa shape index (κ2) is 12.9. The normalized spacial score (nSPS) is 15.2. The van der Waals surface area contributed by atoms with Gasteiger partial charge in [-0.25, -0.2) is 0 Å². The maximum absolute atomic E-state index is 11.6. The molecule has 1 aromatic carbocycles. The van der Waals surface area contributed by atoms with Gasteiger partial charge < -0.3 is 23.7 Å². The van der Waals surface area contributed by atoms with Crippen LogP contribution in [-0.2, 0) is 19.0 Å². The zero-order valence-electron chi connectivity index (χ0n) is 19.2. The first-order chi connectivity index (χ1) is 14.7. The highest BCUT2D eigenvalue weighted by atomic mass is 16.6. The summed E-state index contributed by atoms with van der Waals surface area (Å²) >= 11 is 0. The summed E-state index contributed by atoms with van der Waals surface area (Å²) in [5.74, 6) is -0.159. The van der Waals surface area contributed by atoms with Gasteiger partial charge in [-0.3, -0.25) is 14.9 Å². The van der Waals surface area contributed by atoms with E-state index in [1.165, 1.54) is 27.4 Å². The van der Waals surface area contributed by atoms with Crippen molar-refractivity contribution in [3.8, 4) is 11.5 Å². The summed E-state index contributed by atoms with van der Waals surface area (Å²) in [6, 6.07) is 3.01. The molecule has 0 aliphatic heterocycles. The second-order valence-electron chi connectivity index (χ2n) is 7.03. The van der Waals surface area contributed by atoms with Crippen LogP contribution >= 0.6 is 0 Å². The number of carbonyl (C=O) groups is 1. The molecule has 31 heavy (non-hydrogen) atoms. The molecule has 174 valence electrons. The zero-order valence-corrected chi connectivity index (χ0v) is 19.2. The van der Waals surface area contributed by atoms with Crippen molar-refractivity contribution in [2.45, 2.75) is 39.4 Å². The first-order valence-corrected chi connectivity index (χ1v) is 10.0. The van der Waals surface area contributed by atoms with Gasteiger partial charge in [0.1, 0.15) is 5.75 Å². The first kappa shape index (κ1) is 26.4. The van der Waals surface area contributed by atoms with Gasteiger partial charge in [-0.15, -0.1) is 0 Å². The predicted octanol–water partition coefficient (Wildman–Crippen LogP) is 4.10. The minimum Gasteiger partial charge on any atom is -0.496 e. The van der Waals surface area contributed by atoms with Crippen LogP contribution in [0.4, 0.5) is 5.69 Å². The van der Waals surface area contributed by atoms with E-state index in [4.69, 9.17) is 18.9 Å². The van der Waals surface area contributed by atoms with E-state index in [9.17, 15) is 14.9 Å². The molecule has 0 fully saturated rings. The van der Waals surface area contributed by atoms with Gasteiger partial charge in [-0.05, 0) is 13.0 Å². The highest BCUT2D eigenvalue weighted by Gasteiger charge is 2.35. The molecular formula is C22H33NO8. The minimum atomic E-state index is -0.560. The van der Waals surface area contributed by atoms with E-state index in [-0.39, 0.29) is 41.8 Å². The molecule has 0 N–H and O–H groups in total. The summed E-state index contributed by atoms with van der Waals surface area (Å²) in [6.07, 6.45) is 2.92. The van der Waals surface area contributed by atoms with Crippen molar-refractivity contribution in [3.05, 3.63) is 40.0 Å². The Hall–Kier alpha value is -2.65. The first-order valence-electron chi connectivity index (χ1n) is 10.0. The van der Waals surface area contributed by atoms with Crippen LogP contribution in [0, 0.1) is 22.0 Å². The summed E-state index contributed by atoms with van der Waals surface area (Å²) in [7, 11) is 5.77. The molecule has 9 nitrogen and oxygen atoms in total. The number of hydrogen-bond donors (Lipinski definition) is 0. The van der Waals surface area contributed by atoms with E-state index in [1.54, 1.807) is 19.3 Å². The average Bonchev–Trinajstić information content (AvgIpc) is 2.76. The van der Waals surface area contributed by atoms with E-state index in [2.05, 4.69) is 4.74 Å². The molecule has 0 aliphatic rings. The van der Waals surface area contributed by atoms with Gasteiger partial charge in [-0.2, -0.15) is 0 Å². The van der Waals surface area contributed by atoms with E-state index in [1.807, 2.05) is 26.8 Å². The minimum absolute atomic E-state index is 0.0702.